The Hall–Kier alpha value is -2.39. The van der Waals surface area contributed by atoms with Crippen molar-refractivity contribution in [2.24, 2.45) is 0 Å². The highest BCUT2D eigenvalue weighted by Crippen LogP contribution is 2.46. The van der Waals surface area contributed by atoms with E-state index in [2.05, 4.69) is 5.32 Å². The minimum atomic E-state index is -0.514. The van der Waals surface area contributed by atoms with Crippen LogP contribution in [0.2, 0.25) is 0 Å². The summed E-state index contributed by atoms with van der Waals surface area (Å²) in [5, 5.41) is 13.4. The Morgan fingerprint density at radius 1 is 1.22 bits per heavy atom. The number of rotatable bonds is 7. The molecule has 2 aromatic carbocycles. The minimum absolute atomic E-state index is 0.0892. The number of methoxy groups -OCH3 is 1. The van der Waals surface area contributed by atoms with Gasteiger partial charge < -0.3 is 14.8 Å². The summed E-state index contributed by atoms with van der Waals surface area (Å²) in [4.78, 5) is 22.4. The highest BCUT2D eigenvalue weighted by atomic mass is 32.2. The smallest absolute Gasteiger partial charge is 0.271 e. The SMILES string of the molecule is COc1cc(C2SCCS2)ccc1OCC(=O)Nc1cccc([N+](=O)[O-])c1. The summed E-state index contributed by atoms with van der Waals surface area (Å²) in [5.74, 6) is 2.90. The number of ether oxygens (including phenoxy) is 2. The van der Waals surface area contributed by atoms with Crippen molar-refractivity contribution in [3.05, 3.63) is 58.1 Å². The third-order valence-corrected chi connectivity index (χ3v) is 6.89. The Kier molecular flexibility index (Phi) is 6.46. The Labute approximate surface area is 165 Å². The van der Waals surface area contributed by atoms with Crippen LogP contribution in [0.4, 0.5) is 11.4 Å². The zero-order valence-electron chi connectivity index (χ0n) is 14.5. The molecule has 3 rings (SSSR count). The first kappa shape index (κ1) is 19.4. The number of non-ortho nitro benzene ring substituents is 1. The van der Waals surface area contributed by atoms with Crippen molar-refractivity contribution in [2.45, 2.75) is 4.58 Å². The predicted octanol–water partition coefficient (Wildman–Crippen LogP) is 4.10. The number of carbonyl (C=O) groups is 1. The van der Waals surface area contributed by atoms with E-state index < -0.39 is 10.8 Å². The van der Waals surface area contributed by atoms with Crippen molar-refractivity contribution in [3.63, 3.8) is 0 Å². The molecule has 27 heavy (non-hydrogen) atoms. The van der Waals surface area contributed by atoms with Gasteiger partial charge in [0.1, 0.15) is 0 Å². The molecule has 0 aliphatic carbocycles. The summed E-state index contributed by atoms with van der Waals surface area (Å²) in [6.07, 6.45) is 0. The van der Waals surface area contributed by atoms with Crippen molar-refractivity contribution in [3.8, 4) is 11.5 Å². The molecule has 0 saturated carbocycles. The minimum Gasteiger partial charge on any atom is -0.493 e. The third-order valence-electron chi connectivity index (χ3n) is 3.78. The van der Waals surface area contributed by atoms with Crippen molar-refractivity contribution < 1.29 is 19.2 Å². The molecule has 0 atom stereocenters. The zero-order valence-corrected chi connectivity index (χ0v) is 16.2. The maximum atomic E-state index is 12.1. The number of hydrogen-bond acceptors (Lipinski definition) is 7. The molecule has 1 aliphatic heterocycles. The lowest BCUT2D eigenvalue weighted by Crippen LogP contribution is -2.20. The lowest BCUT2D eigenvalue weighted by molar-refractivity contribution is -0.384. The van der Waals surface area contributed by atoms with Crippen LogP contribution < -0.4 is 14.8 Å². The van der Waals surface area contributed by atoms with Gasteiger partial charge in [0.2, 0.25) is 0 Å². The predicted molar refractivity (Wildman–Crippen MR) is 108 cm³/mol. The second-order valence-corrected chi connectivity index (χ2v) is 8.35. The first-order valence-electron chi connectivity index (χ1n) is 8.15. The number of nitrogens with zero attached hydrogens (tertiary/aromatic N) is 1. The van der Waals surface area contributed by atoms with Crippen LogP contribution >= 0.6 is 23.5 Å². The van der Waals surface area contributed by atoms with E-state index in [1.54, 1.807) is 19.2 Å². The Bertz CT molecular complexity index is 840. The Morgan fingerprint density at radius 2 is 2.00 bits per heavy atom. The van der Waals surface area contributed by atoms with Crippen molar-refractivity contribution in [1.82, 2.24) is 0 Å². The summed E-state index contributed by atoms with van der Waals surface area (Å²) in [5.41, 5.74) is 1.41. The van der Waals surface area contributed by atoms with Crippen LogP contribution in [0.15, 0.2) is 42.5 Å². The zero-order chi connectivity index (χ0) is 19.2. The average Bonchev–Trinajstić information content (AvgIpc) is 3.21. The molecule has 142 valence electrons. The van der Waals surface area contributed by atoms with Crippen LogP contribution in [-0.2, 0) is 4.79 Å². The van der Waals surface area contributed by atoms with E-state index in [4.69, 9.17) is 9.47 Å². The van der Waals surface area contributed by atoms with Crippen LogP contribution in [0.1, 0.15) is 10.1 Å². The van der Waals surface area contributed by atoms with Gasteiger partial charge >= 0.3 is 0 Å². The molecular formula is C18H18N2O5S2. The van der Waals surface area contributed by atoms with Crippen LogP contribution in [0.3, 0.4) is 0 Å². The summed E-state index contributed by atoms with van der Waals surface area (Å²) in [6, 6.07) is 11.5. The Morgan fingerprint density at radius 3 is 2.70 bits per heavy atom. The van der Waals surface area contributed by atoms with Gasteiger partial charge in [0.25, 0.3) is 11.6 Å². The van der Waals surface area contributed by atoms with Gasteiger partial charge in [0.15, 0.2) is 18.1 Å². The molecule has 0 bridgehead atoms. The summed E-state index contributed by atoms with van der Waals surface area (Å²) in [7, 11) is 1.56. The number of nitrogens with one attached hydrogen (secondary N) is 1. The quantitative estimate of drug-likeness (QED) is 0.547. The molecule has 0 radical (unpaired) electrons. The van der Waals surface area contributed by atoms with Gasteiger partial charge in [0, 0.05) is 29.3 Å². The molecule has 0 spiro atoms. The van der Waals surface area contributed by atoms with Crippen LogP contribution in [0.25, 0.3) is 0 Å². The molecule has 1 amide bonds. The molecule has 7 nitrogen and oxygen atoms in total. The molecule has 1 N–H and O–H groups in total. The molecule has 0 aromatic heterocycles. The molecule has 1 heterocycles. The maximum absolute atomic E-state index is 12.1. The van der Waals surface area contributed by atoms with E-state index >= 15 is 0 Å². The number of hydrogen-bond donors (Lipinski definition) is 1. The average molecular weight is 406 g/mol. The number of amides is 1. The van der Waals surface area contributed by atoms with Gasteiger partial charge in [-0.05, 0) is 23.8 Å². The fourth-order valence-corrected chi connectivity index (χ4v) is 5.38. The van der Waals surface area contributed by atoms with Gasteiger partial charge in [-0.2, -0.15) is 0 Å². The summed E-state index contributed by atoms with van der Waals surface area (Å²) in [6.45, 7) is -0.231. The van der Waals surface area contributed by atoms with E-state index in [-0.39, 0.29) is 12.3 Å². The van der Waals surface area contributed by atoms with E-state index in [1.165, 1.54) is 18.2 Å². The van der Waals surface area contributed by atoms with E-state index in [9.17, 15) is 14.9 Å². The number of anilines is 1. The number of benzene rings is 2. The lowest BCUT2D eigenvalue weighted by atomic mass is 10.2. The number of nitro groups is 1. The standard InChI is InChI=1S/C18H18N2O5S2/c1-24-16-9-12(18-26-7-8-27-18)5-6-15(16)25-11-17(21)19-13-3-2-4-14(10-13)20(22)23/h2-6,9-10,18H,7-8,11H2,1H3,(H,19,21). The van der Waals surface area contributed by atoms with E-state index in [0.29, 0.717) is 21.8 Å². The van der Waals surface area contributed by atoms with Gasteiger partial charge in [-0.3, -0.25) is 14.9 Å². The number of carbonyl (C=O) groups excluding carboxylic acids is 1. The highest BCUT2D eigenvalue weighted by Gasteiger charge is 2.20. The number of thioether (sulfide) groups is 2. The Balaban J connectivity index is 1.61. The largest absolute Gasteiger partial charge is 0.493 e. The third kappa shape index (κ3) is 5.08. The van der Waals surface area contributed by atoms with Gasteiger partial charge in [0.05, 0.1) is 16.6 Å². The maximum Gasteiger partial charge on any atom is 0.271 e. The first-order valence-corrected chi connectivity index (χ1v) is 10.2. The monoisotopic (exact) mass is 406 g/mol. The van der Waals surface area contributed by atoms with E-state index in [1.807, 2.05) is 35.7 Å². The fraction of sp³-hybridized carbons (Fsp3) is 0.278. The van der Waals surface area contributed by atoms with Crippen LogP contribution in [0.5, 0.6) is 11.5 Å². The fourth-order valence-electron chi connectivity index (χ4n) is 2.54. The van der Waals surface area contributed by atoms with Crippen molar-refractivity contribution in [2.75, 3.05) is 30.5 Å². The van der Waals surface area contributed by atoms with Gasteiger partial charge in [-0.15, -0.1) is 23.5 Å². The van der Waals surface area contributed by atoms with Crippen molar-refractivity contribution in [1.29, 1.82) is 0 Å². The topological polar surface area (TPSA) is 90.7 Å². The molecule has 2 aromatic rings. The first-order chi connectivity index (χ1) is 13.1. The van der Waals surface area contributed by atoms with Crippen LogP contribution in [-0.4, -0.2) is 36.1 Å². The lowest BCUT2D eigenvalue weighted by Gasteiger charge is -2.14. The molecule has 1 saturated heterocycles. The van der Waals surface area contributed by atoms with E-state index in [0.717, 1.165) is 17.1 Å². The second kappa shape index (κ2) is 9.01. The molecular weight excluding hydrogens is 388 g/mol. The normalized spacial score (nSPS) is 14.0. The molecule has 9 heteroatoms. The van der Waals surface area contributed by atoms with Gasteiger partial charge in [-0.25, -0.2) is 0 Å². The highest BCUT2D eigenvalue weighted by molar-refractivity contribution is 8.19. The molecule has 0 unspecified atom stereocenters. The second-order valence-electron chi connectivity index (χ2n) is 5.63. The summed E-state index contributed by atoms with van der Waals surface area (Å²) < 4.78 is 11.4. The molecule has 1 aliphatic rings. The summed E-state index contributed by atoms with van der Waals surface area (Å²) >= 11 is 3.80. The van der Waals surface area contributed by atoms with Crippen molar-refractivity contribution >= 4 is 40.8 Å². The van der Waals surface area contributed by atoms with Crippen LogP contribution in [0, 0.1) is 10.1 Å². The van der Waals surface area contributed by atoms with Gasteiger partial charge in [-0.1, -0.05) is 12.1 Å². The molecule has 1 fully saturated rings. The number of nitro benzene ring substituents is 1.